The van der Waals surface area contributed by atoms with Gasteiger partial charge in [0.25, 0.3) is 5.91 Å². The minimum absolute atomic E-state index is 0.139. The minimum Gasteiger partial charge on any atom is -0.339 e. The lowest BCUT2D eigenvalue weighted by Crippen LogP contribution is -2.14. The van der Waals surface area contributed by atoms with E-state index >= 15 is 0 Å². The lowest BCUT2D eigenvalue weighted by Gasteiger charge is -2.08. The third kappa shape index (κ3) is 4.89. The summed E-state index contributed by atoms with van der Waals surface area (Å²) >= 11 is 0. The van der Waals surface area contributed by atoms with Gasteiger partial charge in [-0.15, -0.1) is 10.2 Å². The number of nitrogens with zero attached hydrogens (tertiary/aromatic N) is 3. The van der Waals surface area contributed by atoms with Crippen LogP contribution in [0.4, 0.5) is 22.9 Å². The summed E-state index contributed by atoms with van der Waals surface area (Å²) in [5, 5.41) is 25.3. The van der Waals surface area contributed by atoms with Crippen LogP contribution in [0.2, 0.25) is 0 Å². The van der Waals surface area contributed by atoms with Crippen molar-refractivity contribution < 1.29 is 9.59 Å². The SMILES string of the molecule is CC(=O)Nc1cccc(Nc2ccc(C(=O)Nc3cccc(C#N)c3)nn2)c1. The molecule has 28 heavy (non-hydrogen) atoms. The molecular weight excluding hydrogens is 356 g/mol. The smallest absolute Gasteiger partial charge is 0.276 e. The molecule has 0 saturated carbocycles. The lowest BCUT2D eigenvalue weighted by molar-refractivity contribution is -0.114. The molecule has 2 aromatic carbocycles. The van der Waals surface area contributed by atoms with Crippen LogP contribution in [0.15, 0.2) is 60.7 Å². The highest BCUT2D eigenvalue weighted by molar-refractivity contribution is 6.02. The Balaban J connectivity index is 1.67. The second-order valence-corrected chi connectivity index (χ2v) is 5.84. The van der Waals surface area contributed by atoms with Crippen molar-refractivity contribution in [2.75, 3.05) is 16.0 Å². The molecule has 138 valence electrons. The van der Waals surface area contributed by atoms with Crippen LogP contribution in [-0.2, 0) is 4.79 Å². The number of rotatable bonds is 5. The molecule has 0 aliphatic carbocycles. The standard InChI is InChI=1S/C20H16N6O2/c1-13(27)22-16-6-3-7-17(11-16)23-19-9-8-18(25-26-19)20(28)24-15-5-2-4-14(10-15)12-21/h2-11H,1H3,(H,22,27)(H,23,26)(H,24,28). The van der Waals surface area contributed by atoms with Crippen LogP contribution >= 0.6 is 0 Å². The first-order valence-corrected chi connectivity index (χ1v) is 8.33. The molecule has 3 aromatic rings. The third-order valence-corrected chi connectivity index (χ3v) is 3.60. The van der Waals surface area contributed by atoms with Gasteiger partial charge in [0.05, 0.1) is 11.6 Å². The molecule has 0 atom stereocenters. The molecule has 3 rings (SSSR count). The maximum absolute atomic E-state index is 12.3. The summed E-state index contributed by atoms with van der Waals surface area (Å²) in [4.78, 5) is 23.4. The zero-order valence-electron chi connectivity index (χ0n) is 14.9. The van der Waals surface area contributed by atoms with Gasteiger partial charge >= 0.3 is 0 Å². The van der Waals surface area contributed by atoms with E-state index in [1.54, 1.807) is 48.5 Å². The largest absolute Gasteiger partial charge is 0.339 e. The third-order valence-electron chi connectivity index (χ3n) is 3.60. The van der Waals surface area contributed by atoms with Crippen molar-refractivity contribution in [1.82, 2.24) is 10.2 Å². The average molecular weight is 372 g/mol. The highest BCUT2D eigenvalue weighted by Crippen LogP contribution is 2.19. The van der Waals surface area contributed by atoms with Crippen LogP contribution in [0.1, 0.15) is 23.0 Å². The van der Waals surface area contributed by atoms with Gasteiger partial charge in [-0.1, -0.05) is 12.1 Å². The quantitative estimate of drug-likeness (QED) is 0.632. The van der Waals surface area contributed by atoms with E-state index in [0.29, 0.717) is 28.4 Å². The van der Waals surface area contributed by atoms with E-state index in [2.05, 4.69) is 26.1 Å². The van der Waals surface area contributed by atoms with Crippen molar-refractivity contribution in [3.63, 3.8) is 0 Å². The molecule has 0 aliphatic heterocycles. The van der Waals surface area contributed by atoms with E-state index < -0.39 is 5.91 Å². The first-order valence-electron chi connectivity index (χ1n) is 8.33. The molecule has 0 bridgehead atoms. The van der Waals surface area contributed by atoms with Crippen LogP contribution in [-0.4, -0.2) is 22.0 Å². The molecule has 0 saturated heterocycles. The molecule has 8 heteroatoms. The van der Waals surface area contributed by atoms with Gasteiger partial charge in [-0.05, 0) is 48.5 Å². The van der Waals surface area contributed by atoms with E-state index in [9.17, 15) is 9.59 Å². The zero-order valence-corrected chi connectivity index (χ0v) is 14.9. The Kier molecular flexibility index (Phi) is 5.58. The van der Waals surface area contributed by atoms with Crippen molar-refractivity contribution >= 4 is 34.7 Å². The first kappa shape index (κ1) is 18.5. The Bertz CT molecular complexity index is 1060. The number of carbonyl (C=O) groups excluding carboxylic acids is 2. The molecule has 1 aromatic heterocycles. The predicted molar refractivity (Wildman–Crippen MR) is 105 cm³/mol. The maximum Gasteiger partial charge on any atom is 0.276 e. The number of carbonyl (C=O) groups is 2. The van der Waals surface area contributed by atoms with Crippen LogP contribution in [0.5, 0.6) is 0 Å². The molecule has 0 radical (unpaired) electrons. The van der Waals surface area contributed by atoms with Gasteiger partial charge in [0.2, 0.25) is 5.91 Å². The van der Waals surface area contributed by atoms with Crippen LogP contribution in [0.3, 0.4) is 0 Å². The summed E-state index contributed by atoms with van der Waals surface area (Å²) in [5.74, 6) is -0.141. The number of hydrogen-bond donors (Lipinski definition) is 3. The van der Waals surface area contributed by atoms with Gasteiger partial charge < -0.3 is 16.0 Å². The van der Waals surface area contributed by atoms with Crippen molar-refractivity contribution in [3.8, 4) is 6.07 Å². The van der Waals surface area contributed by atoms with Gasteiger partial charge in [-0.2, -0.15) is 5.26 Å². The Morgan fingerprint density at radius 3 is 2.29 bits per heavy atom. The highest BCUT2D eigenvalue weighted by atomic mass is 16.2. The summed E-state index contributed by atoms with van der Waals surface area (Å²) in [6.45, 7) is 1.44. The van der Waals surface area contributed by atoms with Crippen LogP contribution < -0.4 is 16.0 Å². The van der Waals surface area contributed by atoms with E-state index in [-0.39, 0.29) is 11.6 Å². The number of nitrogens with one attached hydrogen (secondary N) is 3. The Hall–Kier alpha value is -4.25. The fourth-order valence-corrected chi connectivity index (χ4v) is 2.41. The second-order valence-electron chi connectivity index (χ2n) is 5.84. The Labute approximate surface area is 161 Å². The van der Waals surface area contributed by atoms with E-state index in [0.717, 1.165) is 0 Å². The number of amides is 2. The molecule has 0 fully saturated rings. The van der Waals surface area contributed by atoms with Gasteiger partial charge in [0, 0.05) is 24.0 Å². The number of aromatic nitrogens is 2. The molecule has 0 aliphatic rings. The molecular formula is C20H16N6O2. The lowest BCUT2D eigenvalue weighted by atomic mass is 10.2. The summed E-state index contributed by atoms with van der Waals surface area (Å²) in [7, 11) is 0. The fraction of sp³-hybridized carbons (Fsp3) is 0.0500. The van der Waals surface area contributed by atoms with Crippen LogP contribution in [0, 0.1) is 11.3 Å². The molecule has 2 amide bonds. The van der Waals surface area contributed by atoms with E-state index in [1.165, 1.54) is 13.0 Å². The number of benzene rings is 2. The predicted octanol–water partition coefficient (Wildman–Crippen LogP) is 3.30. The number of nitriles is 1. The summed E-state index contributed by atoms with van der Waals surface area (Å²) < 4.78 is 0. The van der Waals surface area contributed by atoms with E-state index in [4.69, 9.17) is 5.26 Å². The second kappa shape index (κ2) is 8.42. The Morgan fingerprint density at radius 2 is 1.61 bits per heavy atom. The maximum atomic E-state index is 12.3. The number of anilines is 4. The van der Waals surface area contributed by atoms with Crippen molar-refractivity contribution in [1.29, 1.82) is 5.26 Å². The number of hydrogen-bond acceptors (Lipinski definition) is 6. The molecule has 1 heterocycles. The topological polar surface area (TPSA) is 120 Å². The Morgan fingerprint density at radius 1 is 0.893 bits per heavy atom. The van der Waals surface area contributed by atoms with Crippen LogP contribution in [0.25, 0.3) is 0 Å². The fourth-order valence-electron chi connectivity index (χ4n) is 2.41. The highest BCUT2D eigenvalue weighted by Gasteiger charge is 2.09. The van der Waals surface area contributed by atoms with Crippen molar-refractivity contribution in [2.24, 2.45) is 0 Å². The van der Waals surface area contributed by atoms with E-state index in [1.807, 2.05) is 12.1 Å². The summed E-state index contributed by atoms with van der Waals surface area (Å²) in [6, 6.07) is 18.9. The molecule has 0 spiro atoms. The molecule has 3 N–H and O–H groups in total. The van der Waals surface area contributed by atoms with Gasteiger partial charge in [-0.25, -0.2) is 0 Å². The minimum atomic E-state index is -0.429. The average Bonchev–Trinajstić information content (AvgIpc) is 2.68. The van der Waals surface area contributed by atoms with Gasteiger partial charge in [0.15, 0.2) is 11.5 Å². The van der Waals surface area contributed by atoms with Gasteiger partial charge in [-0.3, -0.25) is 9.59 Å². The monoisotopic (exact) mass is 372 g/mol. The normalized spacial score (nSPS) is 9.86. The molecule has 8 nitrogen and oxygen atoms in total. The first-order chi connectivity index (χ1) is 13.5. The summed E-state index contributed by atoms with van der Waals surface area (Å²) in [5.41, 5.74) is 2.46. The van der Waals surface area contributed by atoms with Gasteiger partial charge in [0.1, 0.15) is 0 Å². The molecule has 0 unspecified atom stereocenters. The zero-order chi connectivity index (χ0) is 19.9. The summed E-state index contributed by atoms with van der Waals surface area (Å²) in [6.07, 6.45) is 0. The van der Waals surface area contributed by atoms with Crippen molar-refractivity contribution in [3.05, 3.63) is 71.9 Å². The van der Waals surface area contributed by atoms with Crippen molar-refractivity contribution in [2.45, 2.75) is 6.92 Å².